The third-order valence-electron chi connectivity index (χ3n) is 3.38. The molecule has 0 saturated carbocycles. The molecule has 0 amide bonds. The molecule has 18 heavy (non-hydrogen) atoms. The summed E-state index contributed by atoms with van der Waals surface area (Å²) in [5.74, 6) is 0. The minimum atomic E-state index is 0.581. The molecule has 0 radical (unpaired) electrons. The second kappa shape index (κ2) is 6.05. The molecule has 1 N–H and O–H groups in total. The van der Waals surface area contributed by atoms with E-state index in [9.17, 15) is 0 Å². The first-order valence-electron chi connectivity index (χ1n) is 7.02. The van der Waals surface area contributed by atoms with Gasteiger partial charge in [-0.05, 0) is 36.4 Å². The van der Waals surface area contributed by atoms with E-state index in [0.29, 0.717) is 6.04 Å². The number of aryl methyl sites for hydroxylation is 2. The molecule has 0 saturated heterocycles. The third-order valence-corrected chi connectivity index (χ3v) is 3.38. The second-order valence-electron chi connectivity index (χ2n) is 5.18. The van der Waals surface area contributed by atoms with E-state index in [1.165, 1.54) is 22.9 Å². The summed E-state index contributed by atoms with van der Waals surface area (Å²) in [7, 11) is 0. The van der Waals surface area contributed by atoms with Gasteiger partial charge < -0.3 is 9.88 Å². The number of para-hydroxylation sites is 1. The van der Waals surface area contributed by atoms with Crippen LogP contribution in [0.2, 0.25) is 0 Å². The monoisotopic (exact) mass is 244 g/mol. The molecule has 0 aliphatic carbocycles. The number of fused-ring (bicyclic) bond motifs is 1. The van der Waals surface area contributed by atoms with Crippen LogP contribution in [0, 0.1) is 0 Å². The van der Waals surface area contributed by atoms with Crippen LogP contribution in [0.1, 0.15) is 32.8 Å². The Morgan fingerprint density at radius 3 is 2.78 bits per heavy atom. The van der Waals surface area contributed by atoms with Crippen LogP contribution in [0.5, 0.6) is 0 Å². The first-order chi connectivity index (χ1) is 8.72. The molecule has 1 aromatic heterocycles. The lowest BCUT2D eigenvalue weighted by atomic mass is 10.1. The van der Waals surface area contributed by atoms with Gasteiger partial charge in [0.1, 0.15) is 0 Å². The summed E-state index contributed by atoms with van der Waals surface area (Å²) in [4.78, 5) is 0. The summed E-state index contributed by atoms with van der Waals surface area (Å²) in [6, 6.07) is 9.41. The number of hydrogen-bond donors (Lipinski definition) is 1. The number of rotatable bonds is 6. The Balaban J connectivity index is 2.09. The van der Waals surface area contributed by atoms with Gasteiger partial charge in [-0.1, -0.05) is 39.0 Å². The number of nitrogens with one attached hydrogen (secondary N) is 1. The van der Waals surface area contributed by atoms with Gasteiger partial charge in [0.2, 0.25) is 0 Å². The molecule has 2 rings (SSSR count). The SMILES string of the molecule is CCc1cccc2ccn(CCCNC(C)C)c12. The van der Waals surface area contributed by atoms with E-state index in [-0.39, 0.29) is 0 Å². The van der Waals surface area contributed by atoms with Crippen LogP contribution in [-0.4, -0.2) is 17.2 Å². The van der Waals surface area contributed by atoms with Gasteiger partial charge in [0.05, 0.1) is 5.52 Å². The van der Waals surface area contributed by atoms with E-state index in [4.69, 9.17) is 0 Å². The third kappa shape index (κ3) is 2.94. The zero-order valence-electron chi connectivity index (χ0n) is 11.7. The van der Waals surface area contributed by atoms with Gasteiger partial charge in [-0.15, -0.1) is 0 Å². The van der Waals surface area contributed by atoms with Crippen molar-refractivity contribution in [3.8, 4) is 0 Å². The Bertz CT molecular complexity index is 497. The van der Waals surface area contributed by atoms with Crippen molar-refractivity contribution in [3.63, 3.8) is 0 Å². The van der Waals surface area contributed by atoms with Crippen LogP contribution in [-0.2, 0) is 13.0 Å². The maximum Gasteiger partial charge on any atom is 0.0512 e. The Kier molecular flexibility index (Phi) is 4.43. The van der Waals surface area contributed by atoms with E-state index in [1.54, 1.807) is 0 Å². The Morgan fingerprint density at radius 2 is 2.06 bits per heavy atom. The van der Waals surface area contributed by atoms with Gasteiger partial charge in [-0.2, -0.15) is 0 Å². The average molecular weight is 244 g/mol. The van der Waals surface area contributed by atoms with Crippen LogP contribution in [0.25, 0.3) is 10.9 Å². The van der Waals surface area contributed by atoms with Crippen molar-refractivity contribution in [2.24, 2.45) is 0 Å². The van der Waals surface area contributed by atoms with Crippen molar-refractivity contribution < 1.29 is 0 Å². The van der Waals surface area contributed by atoms with Crippen molar-refractivity contribution in [2.45, 2.75) is 46.2 Å². The van der Waals surface area contributed by atoms with Crippen molar-refractivity contribution in [1.82, 2.24) is 9.88 Å². The summed E-state index contributed by atoms with van der Waals surface area (Å²) < 4.78 is 2.40. The standard InChI is InChI=1S/C16H24N2/c1-4-14-7-5-8-15-9-12-18(16(14)15)11-6-10-17-13(2)3/h5,7-9,12-13,17H,4,6,10-11H2,1-3H3. The predicted octanol–water partition coefficient (Wildman–Crippen LogP) is 3.59. The Hall–Kier alpha value is -1.28. The number of benzene rings is 1. The van der Waals surface area contributed by atoms with Crippen LogP contribution < -0.4 is 5.32 Å². The molecule has 2 aromatic rings. The molecule has 0 spiro atoms. The Morgan fingerprint density at radius 1 is 1.22 bits per heavy atom. The van der Waals surface area contributed by atoms with Gasteiger partial charge in [0.15, 0.2) is 0 Å². The number of aromatic nitrogens is 1. The second-order valence-corrected chi connectivity index (χ2v) is 5.18. The molecule has 0 bridgehead atoms. The van der Waals surface area contributed by atoms with Crippen LogP contribution >= 0.6 is 0 Å². The molecule has 2 nitrogen and oxygen atoms in total. The van der Waals surface area contributed by atoms with Crippen molar-refractivity contribution in [1.29, 1.82) is 0 Å². The fraction of sp³-hybridized carbons (Fsp3) is 0.500. The highest BCUT2D eigenvalue weighted by atomic mass is 15.0. The quantitative estimate of drug-likeness (QED) is 0.768. The van der Waals surface area contributed by atoms with Gasteiger partial charge in [0, 0.05) is 18.8 Å². The highest BCUT2D eigenvalue weighted by molar-refractivity contribution is 5.83. The summed E-state index contributed by atoms with van der Waals surface area (Å²) in [5, 5.41) is 4.84. The first-order valence-corrected chi connectivity index (χ1v) is 7.02. The van der Waals surface area contributed by atoms with Crippen LogP contribution in [0.15, 0.2) is 30.5 Å². The molecule has 1 heterocycles. The molecule has 0 fully saturated rings. The van der Waals surface area contributed by atoms with Crippen molar-refractivity contribution in [2.75, 3.05) is 6.54 Å². The van der Waals surface area contributed by atoms with Crippen molar-refractivity contribution >= 4 is 10.9 Å². The molecular weight excluding hydrogens is 220 g/mol. The fourth-order valence-electron chi connectivity index (χ4n) is 2.45. The minimum absolute atomic E-state index is 0.581. The largest absolute Gasteiger partial charge is 0.347 e. The van der Waals surface area contributed by atoms with E-state index in [1.807, 2.05) is 0 Å². The highest BCUT2D eigenvalue weighted by Gasteiger charge is 2.04. The molecule has 98 valence electrons. The molecule has 0 atom stereocenters. The van der Waals surface area contributed by atoms with Gasteiger partial charge in [-0.3, -0.25) is 0 Å². The maximum atomic E-state index is 3.47. The molecule has 2 heteroatoms. The summed E-state index contributed by atoms with van der Waals surface area (Å²) in [6.45, 7) is 8.80. The zero-order valence-corrected chi connectivity index (χ0v) is 11.7. The molecular formula is C16H24N2. The number of hydrogen-bond acceptors (Lipinski definition) is 1. The maximum absolute atomic E-state index is 3.47. The lowest BCUT2D eigenvalue weighted by Gasteiger charge is -2.11. The average Bonchev–Trinajstić information content (AvgIpc) is 2.77. The smallest absolute Gasteiger partial charge is 0.0512 e. The van der Waals surface area contributed by atoms with Crippen molar-refractivity contribution in [3.05, 3.63) is 36.0 Å². The predicted molar refractivity (Wildman–Crippen MR) is 79.1 cm³/mol. The van der Waals surface area contributed by atoms with Crippen LogP contribution in [0.4, 0.5) is 0 Å². The lowest BCUT2D eigenvalue weighted by Crippen LogP contribution is -2.24. The molecule has 1 aromatic carbocycles. The van der Waals surface area contributed by atoms with E-state index in [0.717, 1.165) is 19.5 Å². The molecule has 0 aliphatic rings. The zero-order chi connectivity index (χ0) is 13.0. The molecule has 0 aliphatic heterocycles. The fourth-order valence-corrected chi connectivity index (χ4v) is 2.45. The minimum Gasteiger partial charge on any atom is -0.347 e. The summed E-state index contributed by atoms with van der Waals surface area (Å²) >= 11 is 0. The van der Waals surface area contributed by atoms with E-state index < -0.39 is 0 Å². The van der Waals surface area contributed by atoms with Crippen LogP contribution in [0.3, 0.4) is 0 Å². The van der Waals surface area contributed by atoms with E-state index >= 15 is 0 Å². The number of nitrogens with zero attached hydrogens (tertiary/aromatic N) is 1. The van der Waals surface area contributed by atoms with Gasteiger partial charge in [-0.25, -0.2) is 0 Å². The van der Waals surface area contributed by atoms with E-state index in [2.05, 4.69) is 61.1 Å². The first kappa shape index (κ1) is 13.2. The highest BCUT2D eigenvalue weighted by Crippen LogP contribution is 2.21. The summed E-state index contributed by atoms with van der Waals surface area (Å²) in [6.07, 6.45) is 4.50. The Labute approximate surface area is 110 Å². The normalized spacial score (nSPS) is 11.6. The topological polar surface area (TPSA) is 17.0 Å². The summed E-state index contributed by atoms with van der Waals surface area (Å²) in [5.41, 5.74) is 2.87. The van der Waals surface area contributed by atoms with Gasteiger partial charge in [0.25, 0.3) is 0 Å². The molecule has 0 unspecified atom stereocenters. The lowest BCUT2D eigenvalue weighted by molar-refractivity contribution is 0.540. The van der Waals surface area contributed by atoms with Gasteiger partial charge >= 0.3 is 0 Å².